The van der Waals surface area contributed by atoms with Gasteiger partial charge in [-0.05, 0) is 24.5 Å². The van der Waals surface area contributed by atoms with E-state index < -0.39 is 10.0 Å². The first kappa shape index (κ1) is 17.1. The summed E-state index contributed by atoms with van der Waals surface area (Å²) >= 11 is 4.91. The highest BCUT2D eigenvalue weighted by molar-refractivity contribution is 7.88. The van der Waals surface area contributed by atoms with E-state index in [4.69, 9.17) is 18.0 Å². The van der Waals surface area contributed by atoms with E-state index in [1.807, 2.05) is 20.8 Å². The molecule has 1 unspecified atom stereocenters. The molecule has 1 rings (SSSR count). The Morgan fingerprint density at radius 3 is 2.45 bits per heavy atom. The third kappa shape index (κ3) is 4.26. The summed E-state index contributed by atoms with van der Waals surface area (Å²) in [5.74, 6) is 0.217. The van der Waals surface area contributed by atoms with Crippen molar-refractivity contribution >= 4 is 27.2 Å². The lowest BCUT2D eigenvalue weighted by molar-refractivity contribution is 0.315. The van der Waals surface area contributed by atoms with Gasteiger partial charge < -0.3 is 5.73 Å². The van der Waals surface area contributed by atoms with Crippen molar-refractivity contribution in [1.82, 2.24) is 4.31 Å². The second kappa shape index (κ2) is 6.65. The number of thiocarbonyl (C=S) groups is 1. The van der Waals surface area contributed by atoms with Gasteiger partial charge in [0.2, 0.25) is 10.0 Å². The van der Waals surface area contributed by atoms with Gasteiger partial charge in [0.05, 0.1) is 5.75 Å². The second-order valence-electron chi connectivity index (χ2n) is 5.32. The molecule has 1 aromatic rings. The standard InChI is InChI=1S/C14H22N2O2S2/c1-10(2)11(3)16(4)20(17,18)9-12-6-5-7-13(8-12)14(15)19/h5-8,10-11H,9H2,1-4H3,(H2,15,19). The van der Waals surface area contributed by atoms with Gasteiger partial charge in [0.15, 0.2) is 0 Å². The van der Waals surface area contributed by atoms with Crippen LogP contribution in [-0.2, 0) is 15.8 Å². The zero-order valence-electron chi connectivity index (χ0n) is 12.3. The summed E-state index contributed by atoms with van der Waals surface area (Å²) in [6.45, 7) is 5.92. The molecule has 0 fully saturated rings. The third-order valence-corrected chi connectivity index (χ3v) is 5.68. The molecule has 1 atom stereocenters. The smallest absolute Gasteiger partial charge is 0.218 e. The van der Waals surface area contributed by atoms with E-state index in [9.17, 15) is 8.42 Å². The van der Waals surface area contributed by atoms with Crippen LogP contribution in [0.5, 0.6) is 0 Å². The lowest BCUT2D eigenvalue weighted by Crippen LogP contribution is -2.38. The quantitative estimate of drug-likeness (QED) is 0.817. The van der Waals surface area contributed by atoms with Crippen LogP contribution in [0.15, 0.2) is 24.3 Å². The molecule has 4 nitrogen and oxygen atoms in total. The molecule has 0 bridgehead atoms. The summed E-state index contributed by atoms with van der Waals surface area (Å²) in [5.41, 5.74) is 6.95. The van der Waals surface area contributed by atoms with E-state index in [2.05, 4.69) is 0 Å². The van der Waals surface area contributed by atoms with Gasteiger partial charge in [-0.25, -0.2) is 12.7 Å². The van der Waals surface area contributed by atoms with Crippen LogP contribution >= 0.6 is 12.2 Å². The molecule has 0 amide bonds. The number of rotatable bonds is 6. The monoisotopic (exact) mass is 314 g/mol. The van der Waals surface area contributed by atoms with Gasteiger partial charge >= 0.3 is 0 Å². The van der Waals surface area contributed by atoms with Crippen LogP contribution in [0.3, 0.4) is 0 Å². The minimum atomic E-state index is -3.35. The van der Waals surface area contributed by atoms with E-state index in [-0.39, 0.29) is 22.7 Å². The predicted octanol–water partition coefficient (Wildman–Crippen LogP) is 2.13. The highest BCUT2D eigenvalue weighted by Gasteiger charge is 2.25. The van der Waals surface area contributed by atoms with Gasteiger partial charge in [0.1, 0.15) is 4.99 Å². The first-order chi connectivity index (χ1) is 9.15. The van der Waals surface area contributed by atoms with Gasteiger partial charge in [0.25, 0.3) is 0 Å². The first-order valence-corrected chi connectivity index (χ1v) is 8.51. The molecule has 0 aliphatic rings. The summed E-state index contributed by atoms with van der Waals surface area (Å²) in [4.78, 5) is 0.271. The van der Waals surface area contributed by atoms with Crippen LogP contribution in [0.2, 0.25) is 0 Å². The molecular weight excluding hydrogens is 292 g/mol. The van der Waals surface area contributed by atoms with E-state index in [0.717, 1.165) is 0 Å². The Hall–Kier alpha value is -0.980. The van der Waals surface area contributed by atoms with Crippen molar-refractivity contribution in [3.63, 3.8) is 0 Å². The SMILES string of the molecule is CC(C)C(C)N(C)S(=O)(=O)Cc1cccc(C(N)=S)c1. The third-order valence-electron chi connectivity index (χ3n) is 3.54. The van der Waals surface area contributed by atoms with Crippen LogP contribution in [0.1, 0.15) is 31.9 Å². The van der Waals surface area contributed by atoms with Gasteiger partial charge in [0, 0.05) is 18.7 Å². The molecule has 0 saturated heterocycles. The lowest BCUT2D eigenvalue weighted by Gasteiger charge is -2.27. The van der Waals surface area contributed by atoms with E-state index in [1.165, 1.54) is 4.31 Å². The fourth-order valence-corrected chi connectivity index (χ4v) is 3.48. The average molecular weight is 314 g/mol. The summed E-state index contributed by atoms with van der Waals surface area (Å²) in [6.07, 6.45) is 0. The highest BCUT2D eigenvalue weighted by atomic mass is 32.2. The number of sulfonamides is 1. The Labute approximate surface area is 127 Å². The molecule has 20 heavy (non-hydrogen) atoms. The van der Waals surface area contributed by atoms with Crippen LogP contribution in [0.4, 0.5) is 0 Å². The second-order valence-corrected chi connectivity index (χ2v) is 7.79. The van der Waals surface area contributed by atoms with Crippen molar-refractivity contribution in [3.05, 3.63) is 35.4 Å². The van der Waals surface area contributed by atoms with Gasteiger partial charge in [-0.15, -0.1) is 0 Å². The van der Waals surface area contributed by atoms with E-state index >= 15 is 0 Å². The molecule has 112 valence electrons. The van der Waals surface area contributed by atoms with Gasteiger partial charge in [-0.3, -0.25) is 0 Å². The van der Waals surface area contributed by atoms with Crippen molar-refractivity contribution in [2.75, 3.05) is 7.05 Å². The number of nitrogens with zero attached hydrogens (tertiary/aromatic N) is 1. The zero-order chi connectivity index (χ0) is 15.5. The van der Waals surface area contributed by atoms with Crippen LogP contribution in [-0.4, -0.2) is 30.8 Å². The Morgan fingerprint density at radius 2 is 1.95 bits per heavy atom. The minimum absolute atomic E-state index is 0.0428. The molecule has 6 heteroatoms. The number of benzene rings is 1. The lowest BCUT2D eigenvalue weighted by atomic mass is 10.1. The molecule has 0 heterocycles. The number of hydrogen-bond donors (Lipinski definition) is 1. The van der Waals surface area contributed by atoms with Crippen molar-refractivity contribution in [1.29, 1.82) is 0 Å². The van der Waals surface area contributed by atoms with E-state index in [1.54, 1.807) is 31.3 Å². The van der Waals surface area contributed by atoms with Crippen LogP contribution in [0.25, 0.3) is 0 Å². The molecule has 0 spiro atoms. The largest absolute Gasteiger partial charge is 0.389 e. The van der Waals surface area contributed by atoms with Gasteiger partial charge in [-0.2, -0.15) is 0 Å². The van der Waals surface area contributed by atoms with Crippen molar-refractivity contribution in [2.45, 2.75) is 32.6 Å². The zero-order valence-corrected chi connectivity index (χ0v) is 14.0. The molecule has 0 aliphatic carbocycles. The molecule has 2 N–H and O–H groups in total. The molecule has 0 aromatic heterocycles. The topological polar surface area (TPSA) is 63.4 Å². The predicted molar refractivity (Wildman–Crippen MR) is 87.0 cm³/mol. The maximum atomic E-state index is 12.4. The molecule has 0 aliphatic heterocycles. The normalized spacial score (nSPS) is 13.7. The molecule has 0 saturated carbocycles. The Bertz CT molecular complexity index is 583. The van der Waals surface area contributed by atoms with Crippen LogP contribution < -0.4 is 5.73 Å². The minimum Gasteiger partial charge on any atom is -0.389 e. The molecular formula is C14H22N2O2S2. The summed E-state index contributed by atoms with van der Waals surface area (Å²) in [5, 5.41) is 0. The van der Waals surface area contributed by atoms with Crippen molar-refractivity contribution in [2.24, 2.45) is 11.7 Å². The molecule has 0 radical (unpaired) electrons. The Morgan fingerprint density at radius 1 is 1.35 bits per heavy atom. The maximum Gasteiger partial charge on any atom is 0.218 e. The maximum absolute atomic E-state index is 12.4. The average Bonchev–Trinajstić information content (AvgIpc) is 2.36. The fourth-order valence-electron chi connectivity index (χ4n) is 1.80. The first-order valence-electron chi connectivity index (χ1n) is 6.49. The highest BCUT2D eigenvalue weighted by Crippen LogP contribution is 2.17. The fraction of sp³-hybridized carbons (Fsp3) is 0.500. The summed E-state index contributed by atoms with van der Waals surface area (Å²) < 4.78 is 26.2. The number of hydrogen-bond acceptors (Lipinski definition) is 3. The summed E-state index contributed by atoms with van der Waals surface area (Å²) in [7, 11) is -1.73. The molecule has 1 aromatic carbocycles. The number of nitrogens with two attached hydrogens (primary N) is 1. The van der Waals surface area contributed by atoms with Gasteiger partial charge in [-0.1, -0.05) is 44.3 Å². The Kier molecular flexibility index (Phi) is 5.68. The Balaban J connectivity index is 2.96. The van der Waals surface area contributed by atoms with Crippen LogP contribution in [0, 0.1) is 5.92 Å². The van der Waals surface area contributed by atoms with Crippen molar-refractivity contribution in [3.8, 4) is 0 Å². The van der Waals surface area contributed by atoms with Crippen molar-refractivity contribution < 1.29 is 8.42 Å². The summed E-state index contributed by atoms with van der Waals surface area (Å²) in [6, 6.07) is 7.00. The van der Waals surface area contributed by atoms with E-state index in [0.29, 0.717) is 11.1 Å².